The number of hydrogen-bond acceptors (Lipinski definition) is 3. The number of anilines is 1. The fourth-order valence-corrected chi connectivity index (χ4v) is 4.11. The molecular weight excluding hydrogens is 386 g/mol. The smallest absolute Gasteiger partial charge is 0.251 e. The molecule has 5 nitrogen and oxygen atoms in total. The van der Waals surface area contributed by atoms with Gasteiger partial charge in [0.05, 0.1) is 0 Å². The Bertz CT molecular complexity index is 894. The van der Waals surface area contributed by atoms with Crippen LogP contribution in [-0.2, 0) is 15.0 Å². The number of carbonyl (C=O) groups is 2. The van der Waals surface area contributed by atoms with Gasteiger partial charge in [-0.15, -0.1) is 0 Å². The highest BCUT2D eigenvalue weighted by Crippen LogP contribution is 2.31. The number of carbonyl (C=O) groups excluding carboxylic acids is 2. The van der Waals surface area contributed by atoms with Gasteiger partial charge >= 0.3 is 0 Å². The molecule has 0 radical (unpaired) electrons. The highest BCUT2D eigenvalue weighted by molar-refractivity contribution is 6.06. The number of amides is 2. The molecule has 1 aliphatic rings. The van der Waals surface area contributed by atoms with E-state index >= 15 is 0 Å². The lowest BCUT2D eigenvalue weighted by Gasteiger charge is -2.33. The van der Waals surface area contributed by atoms with Crippen LogP contribution in [0.4, 0.5) is 5.69 Å². The van der Waals surface area contributed by atoms with Crippen LogP contribution in [-0.4, -0.2) is 22.8 Å². The van der Waals surface area contributed by atoms with E-state index < -0.39 is 6.04 Å². The van der Waals surface area contributed by atoms with Crippen LogP contribution >= 0.6 is 0 Å². The molecule has 1 unspecified atom stereocenters. The molecule has 3 rings (SSSR count). The molecule has 1 atom stereocenters. The average molecular weight is 420 g/mol. The molecule has 2 aromatic rings. The molecule has 2 amide bonds. The molecule has 0 aliphatic heterocycles. The van der Waals surface area contributed by atoms with Crippen LogP contribution in [0.1, 0.15) is 70.0 Å². The SMILES string of the molecule is C=CC(=O)N(c1ccc(C(C)(C)C)cc1)C(C(=O)NC1CCCCC1)c1cccnc1. The fraction of sp³-hybridized carbons (Fsp3) is 0.423. The van der Waals surface area contributed by atoms with Gasteiger partial charge in [-0.3, -0.25) is 19.5 Å². The van der Waals surface area contributed by atoms with E-state index in [4.69, 9.17) is 0 Å². The Morgan fingerprint density at radius 2 is 1.81 bits per heavy atom. The molecule has 1 aliphatic carbocycles. The molecule has 5 heteroatoms. The summed E-state index contributed by atoms with van der Waals surface area (Å²) in [5.74, 6) is -0.508. The summed E-state index contributed by atoms with van der Waals surface area (Å²) in [6.07, 6.45) is 9.96. The molecule has 0 spiro atoms. The number of rotatable bonds is 6. The second kappa shape index (κ2) is 9.90. The van der Waals surface area contributed by atoms with E-state index in [0.717, 1.165) is 31.2 Å². The van der Waals surface area contributed by atoms with Gasteiger partial charge in [-0.05, 0) is 48.1 Å². The number of nitrogens with one attached hydrogen (secondary N) is 1. The Morgan fingerprint density at radius 1 is 1.13 bits per heavy atom. The average Bonchev–Trinajstić information content (AvgIpc) is 2.77. The topological polar surface area (TPSA) is 62.3 Å². The summed E-state index contributed by atoms with van der Waals surface area (Å²) in [6.45, 7) is 10.1. The third kappa shape index (κ3) is 5.60. The van der Waals surface area contributed by atoms with Crippen molar-refractivity contribution in [2.45, 2.75) is 70.4 Å². The second-order valence-electron chi connectivity index (χ2n) is 9.24. The normalized spacial score (nSPS) is 15.7. The lowest BCUT2D eigenvalue weighted by atomic mass is 9.87. The third-order valence-corrected chi connectivity index (χ3v) is 5.88. The minimum Gasteiger partial charge on any atom is -0.351 e. The minimum absolute atomic E-state index is 0.00703. The van der Waals surface area contributed by atoms with E-state index in [9.17, 15) is 9.59 Å². The van der Waals surface area contributed by atoms with E-state index in [-0.39, 0.29) is 23.3 Å². The van der Waals surface area contributed by atoms with Crippen LogP contribution in [0.5, 0.6) is 0 Å². The third-order valence-electron chi connectivity index (χ3n) is 5.88. The van der Waals surface area contributed by atoms with Crippen molar-refractivity contribution in [2.75, 3.05) is 4.90 Å². The summed E-state index contributed by atoms with van der Waals surface area (Å²) in [6, 6.07) is 10.8. The first-order chi connectivity index (χ1) is 14.8. The minimum atomic E-state index is -0.818. The Balaban J connectivity index is 2.00. The molecule has 1 aromatic heterocycles. The van der Waals surface area contributed by atoms with Gasteiger partial charge in [-0.25, -0.2) is 0 Å². The van der Waals surface area contributed by atoms with E-state index in [2.05, 4.69) is 37.7 Å². The number of pyridine rings is 1. The molecule has 0 bridgehead atoms. The highest BCUT2D eigenvalue weighted by Gasteiger charge is 2.33. The van der Waals surface area contributed by atoms with Crippen molar-refractivity contribution >= 4 is 17.5 Å². The number of nitrogens with zero attached hydrogens (tertiary/aromatic N) is 2. The van der Waals surface area contributed by atoms with Gasteiger partial charge in [0.15, 0.2) is 0 Å². The predicted octanol–water partition coefficient (Wildman–Crippen LogP) is 5.09. The van der Waals surface area contributed by atoms with Gasteiger partial charge in [-0.1, -0.05) is 64.8 Å². The maximum absolute atomic E-state index is 13.5. The summed E-state index contributed by atoms with van der Waals surface area (Å²) in [5.41, 5.74) is 2.48. The zero-order chi connectivity index (χ0) is 22.4. The highest BCUT2D eigenvalue weighted by atomic mass is 16.2. The summed E-state index contributed by atoms with van der Waals surface area (Å²) in [4.78, 5) is 32.2. The second-order valence-corrected chi connectivity index (χ2v) is 9.24. The standard InChI is InChI=1S/C26H33N3O2/c1-5-23(30)29(22-15-13-20(14-16-22)26(2,3)4)24(19-10-9-17-27-18-19)25(31)28-21-11-7-6-8-12-21/h5,9-10,13-18,21,24H,1,6-8,11-12H2,2-4H3,(H,28,31). The van der Waals surface area contributed by atoms with Crippen molar-refractivity contribution in [2.24, 2.45) is 0 Å². The molecular formula is C26H33N3O2. The Hall–Kier alpha value is -2.95. The van der Waals surface area contributed by atoms with Crippen LogP contribution < -0.4 is 10.2 Å². The lowest BCUT2D eigenvalue weighted by Crippen LogP contribution is -2.47. The van der Waals surface area contributed by atoms with Crippen LogP contribution in [0.2, 0.25) is 0 Å². The Morgan fingerprint density at radius 3 is 2.35 bits per heavy atom. The first-order valence-corrected chi connectivity index (χ1v) is 11.1. The maximum atomic E-state index is 13.5. The van der Waals surface area contributed by atoms with E-state index in [1.807, 2.05) is 30.3 Å². The van der Waals surface area contributed by atoms with Gasteiger partial charge in [0, 0.05) is 29.7 Å². The quantitative estimate of drug-likeness (QED) is 0.664. The Kier molecular flexibility index (Phi) is 7.26. The lowest BCUT2D eigenvalue weighted by molar-refractivity contribution is -0.126. The monoisotopic (exact) mass is 419 g/mol. The summed E-state index contributed by atoms with van der Waals surface area (Å²) < 4.78 is 0. The van der Waals surface area contributed by atoms with Crippen LogP contribution in [0.25, 0.3) is 0 Å². The zero-order valence-corrected chi connectivity index (χ0v) is 18.8. The van der Waals surface area contributed by atoms with Crippen LogP contribution in [0.3, 0.4) is 0 Å². The molecule has 1 saturated carbocycles. The molecule has 1 heterocycles. The van der Waals surface area contributed by atoms with Gasteiger partial charge in [0.25, 0.3) is 5.91 Å². The van der Waals surface area contributed by atoms with Crippen molar-refractivity contribution in [3.63, 3.8) is 0 Å². The summed E-state index contributed by atoms with van der Waals surface area (Å²) >= 11 is 0. The van der Waals surface area contributed by atoms with Gasteiger partial charge in [-0.2, -0.15) is 0 Å². The molecule has 1 aromatic carbocycles. The Labute approximate surface area is 185 Å². The number of benzene rings is 1. The van der Waals surface area contributed by atoms with Crippen LogP contribution in [0.15, 0.2) is 61.4 Å². The van der Waals surface area contributed by atoms with Crippen molar-refractivity contribution in [1.29, 1.82) is 0 Å². The largest absolute Gasteiger partial charge is 0.351 e. The van der Waals surface area contributed by atoms with Crippen molar-refractivity contribution < 1.29 is 9.59 Å². The van der Waals surface area contributed by atoms with Gasteiger partial charge < -0.3 is 5.32 Å². The van der Waals surface area contributed by atoms with Crippen LogP contribution in [0, 0.1) is 0 Å². The fourth-order valence-electron chi connectivity index (χ4n) is 4.11. The number of hydrogen-bond donors (Lipinski definition) is 1. The molecule has 164 valence electrons. The molecule has 1 N–H and O–H groups in total. The predicted molar refractivity (Wildman–Crippen MR) is 125 cm³/mol. The van der Waals surface area contributed by atoms with E-state index in [1.54, 1.807) is 18.5 Å². The van der Waals surface area contributed by atoms with Gasteiger partial charge in [0.1, 0.15) is 6.04 Å². The first kappa shape index (κ1) is 22.7. The first-order valence-electron chi connectivity index (χ1n) is 11.1. The van der Waals surface area contributed by atoms with E-state index in [0.29, 0.717) is 11.3 Å². The maximum Gasteiger partial charge on any atom is 0.251 e. The van der Waals surface area contributed by atoms with Crippen molar-refractivity contribution in [3.05, 3.63) is 72.6 Å². The van der Waals surface area contributed by atoms with Gasteiger partial charge in [0.2, 0.25) is 5.91 Å². The number of aromatic nitrogens is 1. The molecule has 31 heavy (non-hydrogen) atoms. The molecule has 1 fully saturated rings. The summed E-state index contributed by atoms with van der Waals surface area (Å²) in [5, 5.41) is 3.19. The van der Waals surface area contributed by atoms with Crippen molar-refractivity contribution in [1.82, 2.24) is 10.3 Å². The zero-order valence-electron chi connectivity index (χ0n) is 18.8. The molecule has 0 saturated heterocycles. The van der Waals surface area contributed by atoms with Crippen molar-refractivity contribution in [3.8, 4) is 0 Å². The summed E-state index contributed by atoms with van der Waals surface area (Å²) in [7, 11) is 0. The van der Waals surface area contributed by atoms with E-state index in [1.165, 1.54) is 17.4 Å².